The number of carbonyl (C=O) groups excluding carboxylic acids is 1. The van der Waals surface area contributed by atoms with Gasteiger partial charge in [-0.25, -0.2) is 0 Å². The van der Waals surface area contributed by atoms with Crippen LogP contribution in [0.15, 0.2) is 30.3 Å². The van der Waals surface area contributed by atoms with Crippen LogP contribution < -0.4 is 10.2 Å². The van der Waals surface area contributed by atoms with Gasteiger partial charge in [0.15, 0.2) is 0 Å². The number of H-pyrrole nitrogens is 1. The fourth-order valence-electron chi connectivity index (χ4n) is 2.55. The number of hydrogen-bond donors (Lipinski definition) is 3. The second-order valence-corrected chi connectivity index (χ2v) is 5.14. The summed E-state index contributed by atoms with van der Waals surface area (Å²) in [5.41, 5.74) is 1.62. The van der Waals surface area contributed by atoms with Gasteiger partial charge in [0.2, 0.25) is 0 Å². The number of quaternary nitrogens is 1. The summed E-state index contributed by atoms with van der Waals surface area (Å²) in [4.78, 5) is 16.7. The number of nitrogens with one attached hydrogen (secondary N) is 3. The Morgan fingerprint density at radius 3 is 2.90 bits per heavy atom. The third-order valence-electron chi connectivity index (χ3n) is 3.74. The molecule has 0 unspecified atom stereocenters. The molecule has 2 aromatic rings. The zero-order valence-electron chi connectivity index (χ0n) is 11.4. The Bertz CT molecular complexity index is 555. The van der Waals surface area contributed by atoms with Crippen LogP contribution in [0, 0.1) is 0 Å². The van der Waals surface area contributed by atoms with Crippen molar-refractivity contribution in [3.63, 3.8) is 0 Å². The smallest absolute Gasteiger partial charge is 0.267 e. The van der Waals surface area contributed by atoms with E-state index in [9.17, 15) is 4.79 Å². The van der Waals surface area contributed by atoms with Crippen LogP contribution in [-0.2, 0) is 4.74 Å². The first kappa shape index (κ1) is 13.1. The number of aromatic amines is 1. The molecule has 0 atom stereocenters. The number of morpholine rings is 1. The van der Waals surface area contributed by atoms with Gasteiger partial charge in [-0.1, -0.05) is 18.2 Å². The highest BCUT2D eigenvalue weighted by Crippen LogP contribution is 2.14. The Morgan fingerprint density at radius 2 is 2.10 bits per heavy atom. The lowest BCUT2D eigenvalue weighted by molar-refractivity contribution is -0.906. The third kappa shape index (κ3) is 3.00. The summed E-state index contributed by atoms with van der Waals surface area (Å²) in [5.74, 6) is -0.0335. The first-order valence-corrected chi connectivity index (χ1v) is 7.10. The van der Waals surface area contributed by atoms with Gasteiger partial charge in [-0.05, 0) is 12.1 Å². The minimum atomic E-state index is -0.0335. The Morgan fingerprint density at radius 1 is 1.30 bits per heavy atom. The Kier molecular flexibility index (Phi) is 3.99. The molecule has 106 valence electrons. The normalized spacial score (nSPS) is 16.4. The predicted molar refractivity (Wildman–Crippen MR) is 77.0 cm³/mol. The van der Waals surface area contributed by atoms with E-state index >= 15 is 0 Å². The van der Waals surface area contributed by atoms with E-state index in [1.54, 1.807) is 0 Å². The number of rotatable bonds is 4. The molecule has 0 radical (unpaired) electrons. The molecule has 0 bridgehead atoms. The Hall–Kier alpha value is -1.85. The van der Waals surface area contributed by atoms with E-state index in [1.807, 2.05) is 30.3 Å². The molecule has 1 aliphatic heterocycles. The van der Waals surface area contributed by atoms with E-state index in [4.69, 9.17) is 4.74 Å². The van der Waals surface area contributed by atoms with E-state index in [2.05, 4.69) is 10.3 Å². The zero-order chi connectivity index (χ0) is 13.8. The summed E-state index contributed by atoms with van der Waals surface area (Å²) in [6, 6.07) is 9.80. The van der Waals surface area contributed by atoms with Crippen LogP contribution in [0.2, 0.25) is 0 Å². The summed E-state index contributed by atoms with van der Waals surface area (Å²) in [7, 11) is 0. The number of ether oxygens (including phenoxy) is 1. The van der Waals surface area contributed by atoms with Crippen LogP contribution in [-0.4, -0.2) is 50.3 Å². The van der Waals surface area contributed by atoms with Gasteiger partial charge in [-0.2, -0.15) is 0 Å². The lowest BCUT2D eigenvalue weighted by atomic mass is 10.2. The van der Waals surface area contributed by atoms with E-state index in [1.165, 1.54) is 4.90 Å². The first-order chi connectivity index (χ1) is 9.83. The fraction of sp³-hybridized carbons (Fsp3) is 0.400. The molecule has 1 saturated heterocycles. The molecule has 5 nitrogen and oxygen atoms in total. The maximum Gasteiger partial charge on any atom is 0.267 e. The number of fused-ring (bicyclic) bond motifs is 1. The minimum absolute atomic E-state index is 0.0335. The van der Waals surface area contributed by atoms with Crippen molar-refractivity contribution in [1.82, 2.24) is 10.3 Å². The summed E-state index contributed by atoms with van der Waals surface area (Å²) in [6.07, 6.45) is 0. The number of carbonyl (C=O) groups is 1. The first-order valence-electron chi connectivity index (χ1n) is 7.10. The topological polar surface area (TPSA) is 58.6 Å². The van der Waals surface area contributed by atoms with Crippen LogP contribution in [0.1, 0.15) is 10.5 Å². The number of aromatic nitrogens is 1. The molecule has 1 aromatic carbocycles. The number of amides is 1. The predicted octanol–water partition coefficient (Wildman–Crippen LogP) is -0.187. The van der Waals surface area contributed by atoms with Crippen molar-refractivity contribution < 1.29 is 14.4 Å². The van der Waals surface area contributed by atoms with Gasteiger partial charge in [-0.3, -0.25) is 4.79 Å². The quantitative estimate of drug-likeness (QED) is 0.724. The van der Waals surface area contributed by atoms with Crippen molar-refractivity contribution in [3.8, 4) is 0 Å². The summed E-state index contributed by atoms with van der Waals surface area (Å²) >= 11 is 0. The van der Waals surface area contributed by atoms with E-state index in [0.29, 0.717) is 12.2 Å². The minimum Gasteiger partial charge on any atom is -0.370 e. The summed E-state index contributed by atoms with van der Waals surface area (Å²) < 4.78 is 5.32. The number of benzene rings is 1. The summed E-state index contributed by atoms with van der Waals surface area (Å²) in [6.45, 7) is 5.36. The molecular weight excluding hydrogens is 254 g/mol. The van der Waals surface area contributed by atoms with Crippen LogP contribution in [0.4, 0.5) is 0 Å². The van der Waals surface area contributed by atoms with Gasteiger partial charge < -0.3 is 19.9 Å². The molecule has 3 N–H and O–H groups in total. The van der Waals surface area contributed by atoms with Gasteiger partial charge in [0.25, 0.3) is 5.91 Å². The molecule has 0 spiro atoms. The number of para-hydroxylation sites is 1. The average molecular weight is 274 g/mol. The van der Waals surface area contributed by atoms with E-state index in [-0.39, 0.29) is 5.91 Å². The Labute approximate surface area is 117 Å². The molecular formula is C15H20N3O2+. The molecule has 0 aliphatic carbocycles. The van der Waals surface area contributed by atoms with Gasteiger partial charge in [0, 0.05) is 10.9 Å². The molecule has 5 heteroatoms. The van der Waals surface area contributed by atoms with Crippen LogP contribution >= 0.6 is 0 Å². The second kappa shape index (κ2) is 6.07. The number of hydrogen-bond acceptors (Lipinski definition) is 2. The van der Waals surface area contributed by atoms with Crippen molar-refractivity contribution in [1.29, 1.82) is 0 Å². The lowest BCUT2D eigenvalue weighted by Gasteiger charge is -2.23. The zero-order valence-corrected chi connectivity index (χ0v) is 11.4. The van der Waals surface area contributed by atoms with Gasteiger partial charge in [0.1, 0.15) is 18.8 Å². The maximum atomic E-state index is 12.1. The lowest BCUT2D eigenvalue weighted by Crippen LogP contribution is -3.14. The molecule has 3 rings (SSSR count). The molecule has 0 saturated carbocycles. The second-order valence-electron chi connectivity index (χ2n) is 5.14. The van der Waals surface area contributed by atoms with Crippen molar-refractivity contribution in [3.05, 3.63) is 36.0 Å². The fourth-order valence-corrected chi connectivity index (χ4v) is 2.55. The third-order valence-corrected chi connectivity index (χ3v) is 3.74. The van der Waals surface area contributed by atoms with Crippen molar-refractivity contribution in [2.45, 2.75) is 0 Å². The summed E-state index contributed by atoms with van der Waals surface area (Å²) in [5, 5.41) is 4.04. The molecule has 1 aromatic heterocycles. The maximum absolute atomic E-state index is 12.1. The highest BCUT2D eigenvalue weighted by atomic mass is 16.5. The highest BCUT2D eigenvalue weighted by Gasteiger charge is 2.14. The van der Waals surface area contributed by atoms with E-state index < -0.39 is 0 Å². The van der Waals surface area contributed by atoms with Gasteiger partial charge in [-0.15, -0.1) is 0 Å². The molecule has 20 heavy (non-hydrogen) atoms. The van der Waals surface area contributed by atoms with Crippen LogP contribution in [0.3, 0.4) is 0 Å². The standard InChI is InChI=1S/C15H19N3O2/c19-15(16-5-6-18-7-9-20-10-8-18)14-11-12-3-1-2-4-13(12)17-14/h1-4,11,17H,5-10H2,(H,16,19)/p+1. The SMILES string of the molecule is O=C(NCC[NH+]1CCOCC1)c1cc2ccccc2[nH]1. The van der Waals surface area contributed by atoms with Gasteiger partial charge in [0.05, 0.1) is 26.3 Å². The average Bonchev–Trinajstić information content (AvgIpc) is 2.92. The highest BCUT2D eigenvalue weighted by molar-refractivity contribution is 5.97. The van der Waals surface area contributed by atoms with Gasteiger partial charge >= 0.3 is 0 Å². The van der Waals surface area contributed by atoms with Crippen molar-refractivity contribution in [2.24, 2.45) is 0 Å². The molecule has 1 aliphatic rings. The van der Waals surface area contributed by atoms with E-state index in [0.717, 1.165) is 43.8 Å². The van der Waals surface area contributed by atoms with Crippen LogP contribution in [0.5, 0.6) is 0 Å². The Balaban J connectivity index is 1.53. The monoisotopic (exact) mass is 274 g/mol. The van der Waals surface area contributed by atoms with Crippen molar-refractivity contribution in [2.75, 3.05) is 39.4 Å². The molecule has 2 heterocycles. The van der Waals surface area contributed by atoms with Crippen molar-refractivity contribution >= 4 is 16.8 Å². The largest absolute Gasteiger partial charge is 0.370 e. The molecule has 1 amide bonds. The molecule has 1 fully saturated rings. The van der Waals surface area contributed by atoms with Crippen LogP contribution in [0.25, 0.3) is 10.9 Å².